The minimum Gasteiger partial charge on any atom is -0.387 e. The zero-order chi connectivity index (χ0) is 20.1. The molecule has 6 heteroatoms. The first-order valence-corrected chi connectivity index (χ1v) is 12.6. The van der Waals surface area contributed by atoms with Gasteiger partial charge < -0.3 is 29.2 Å². The molecule has 2 saturated heterocycles. The van der Waals surface area contributed by atoms with Crippen LogP contribution >= 0.6 is 0 Å². The third-order valence-corrected chi connectivity index (χ3v) is 9.82. The van der Waals surface area contributed by atoms with Crippen LogP contribution in [0.2, 0.25) is 0 Å². The molecule has 2 heterocycles. The van der Waals surface area contributed by atoms with Crippen LogP contribution in [-0.4, -0.2) is 58.4 Å². The first-order chi connectivity index (χ1) is 14.5. The zero-order valence-electron chi connectivity index (χ0n) is 17.8. The fourth-order valence-electron chi connectivity index (χ4n) is 8.54. The number of fused-ring (bicyclic) bond motifs is 4. The van der Waals surface area contributed by atoms with Crippen molar-refractivity contribution in [1.29, 1.82) is 0 Å². The van der Waals surface area contributed by atoms with E-state index in [0.29, 0.717) is 23.7 Å². The van der Waals surface area contributed by atoms with Gasteiger partial charge in [-0.3, -0.25) is 0 Å². The molecule has 0 aromatic carbocycles. The third-order valence-electron chi connectivity index (χ3n) is 9.82. The molecule has 2 aliphatic heterocycles. The van der Waals surface area contributed by atoms with Crippen LogP contribution in [0.15, 0.2) is 0 Å². The lowest BCUT2D eigenvalue weighted by Crippen LogP contribution is -2.61. The maximum atomic E-state index is 11.3. The summed E-state index contributed by atoms with van der Waals surface area (Å²) in [6.07, 6.45) is 10.1. The Hall–Kier alpha value is -0.240. The Morgan fingerprint density at radius 3 is 1.00 bits per heavy atom. The molecular weight excluding hydrogens is 384 g/mol. The predicted octanol–water partition coefficient (Wildman–Crippen LogP) is 2.88. The molecule has 5 saturated carbocycles. The van der Waals surface area contributed by atoms with Gasteiger partial charge in [-0.1, -0.05) is 25.7 Å². The maximum Gasteiger partial charge on any atom is 0.170 e. The van der Waals surface area contributed by atoms with Crippen LogP contribution in [0, 0.1) is 23.7 Å². The summed E-state index contributed by atoms with van der Waals surface area (Å²) in [7, 11) is 0. The van der Waals surface area contributed by atoms with Crippen molar-refractivity contribution in [2.45, 2.75) is 125 Å². The molecule has 168 valence electrons. The molecule has 2 spiro atoms. The van der Waals surface area contributed by atoms with Crippen molar-refractivity contribution in [2.24, 2.45) is 23.7 Å². The highest BCUT2D eigenvalue weighted by Gasteiger charge is 2.68. The van der Waals surface area contributed by atoms with E-state index in [1.165, 1.54) is 51.4 Å². The SMILES string of the molecule is OC1[C@H]2OC3(CC4CCCCC4C3)O[C@H]2C(O)[C@@H]2OC3(CC4CCCCC4C3)O[C@@H]12. The maximum absolute atomic E-state index is 11.3. The smallest absolute Gasteiger partial charge is 0.170 e. The van der Waals surface area contributed by atoms with Gasteiger partial charge in [-0.25, -0.2) is 0 Å². The fraction of sp³-hybridized carbons (Fsp3) is 1.00. The van der Waals surface area contributed by atoms with Gasteiger partial charge in [0.1, 0.15) is 36.6 Å². The van der Waals surface area contributed by atoms with E-state index in [9.17, 15) is 10.2 Å². The Morgan fingerprint density at radius 1 is 0.467 bits per heavy atom. The molecule has 2 N–H and O–H groups in total. The van der Waals surface area contributed by atoms with Crippen LogP contribution in [-0.2, 0) is 18.9 Å². The topological polar surface area (TPSA) is 77.4 Å². The highest BCUT2D eigenvalue weighted by Crippen LogP contribution is 2.58. The Kier molecular flexibility index (Phi) is 4.26. The van der Waals surface area contributed by atoms with E-state index in [4.69, 9.17) is 18.9 Å². The van der Waals surface area contributed by atoms with Gasteiger partial charge in [0.25, 0.3) is 0 Å². The van der Waals surface area contributed by atoms with E-state index < -0.39 is 48.2 Å². The number of aliphatic hydroxyl groups is 2. The monoisotopic (exact) mass is 420 g/mol. The Morgan fingerprint density at radius 2 is 0.733 bits per heavy atom. The highest BCUT2D eigenvalue weighted by atomic mass is 16.8. The van der Waals surface area contributed by atoms with Crippen molar-refractivity contribution >= 4 is 0 Å². The Balaban J connectivity index is 1.11. The molecule has 30 heavy (non-hydrogen) atoms. The lowest BCUT2D eigenvalue weighted by Gasteiger charge is -2.38. The van der Waals surface area contributed by atoms with Crippen molar-refractivity contribution < 1.29 is 29.2 Å². The Labute approximate surface area is 178 Å². The third kappa shape index (κ3) is 2.70. The molecule has 0 amide bonds. The highest BCUT2D eigenvalue weighted by molar-refractivity contribution is 5.11. The minimum absolute atomic E-state index is 0.524. The molecule has 6 unspecified atom stereocenters. The molecule has 7 aliphatic rings. The van der Waals surface area contributed by atoms with E-state index in [1.807, 2.05) is 0 Å². The van der Waals surface area contributed by atoms with Crippen LogP contribution in [0.5, 0.6) is 0 Å². The van der Waals surface area contributed by atoms with Crippen LogP contribution in [0.3, 0.4) is 0 Å². The first-order valence-electron chi connectivity index (χ1n) is 12.6. The number of aliphatic hydroxyl groups excluding tert-OH is 2. The number of ether oxygens (including phenoxy) is 4. The summed E-state index contributed by atoms with van der Waals surface area (Å²) in [6, 6.07) is 0. The van der Waals surface area contributed by atoms with Crippen molar-refractivity contribution in [3.63, 3.8) is 0 Å². The van der Waals surface area contributed by atoms with Crippen molar-refractivity contribution in [2.75, 3.05) is 0 Å². The fourth-order valence-corrected chi connectivity index (χ4v) is 8.54. The van der Waals surface area contributed by atoms with Gasteiger partial charge in [-0.2, -0.15) is 0 Å². The van der Waals surface area contributed by atoms with E-state index in [1.54, 1.807) is 0 Å². The molecule has 7 rings (SSSR count). The van der Waals surface area contributed by atoms with Crippen molar-refractivity contribution in [3.8, 4) is 0 Å². The molecule has 10 atom stereocenters. The summed E-state index contributed by atoms with van der Waals surface area (Å²) in [5.41, 5.74) is 0. The van der Waals surface area contributed by atoms with Crippen molar-refractivity contribution in [1.82, 2.24) is 0 Å². The molecule has 6 nitrogen and oxygen atoms in total. The van der Waals surface area contributed by atoms with Gasteiger partial charge in [-0.15, -0.1) is 0 Å². The zero-order valence-corrected chi connectivity index (χ0v) is 17.8. The minimum atomic E-state index is -0.813. The van der Waals surface area contributed by atoms with Gasteiger partial charge in [0, 0.05) is 25.7 Å². The summed E-state index contributed by atoms with van der Waals surface area (Å²) in [6.45, 7) is 0. The summed E-state index contributed by atoms with van der Waals surface area (Å²) in [5.74, 6) is 1.37. The van der Waals surface area contributed by atoms with Crippen LogP contribution < -0.4 is 0 Å². The summed E-state index contributed by atoms with van der Waals surface area (Å²) < 4.78 is 25.9. The van der Waals surface area contributed by atoms with Crippen molar-refractivity contribution in [3.05, 3.63) is 0 Å². The molecule has 5 aliphatic carbocycles. The van der Waals surface area contributed by atoms with E-state index >= 15 is 0 Å². The van der Waals surface area contributed by atoms with E-state index in [2.05, 4.69) is 0 Å². The normalized spacial score (nSPS) is 61.8. The number of hydrogen-bond acceptors (Lipinski definition) is 6. The average molecular weight is 421 g/mol. The molecule has 0 radical (unpaired) electrons. The number of hydrogen-bond donors (Lipinski definition) is 2. The molecule has 7 fully saturated rings. The van der Waals surface area contributed by atoms with Gasteiger partial charge in [0.2, 0.25) is 0 Å². The van der Waals surface area contributed by atoms with Gasteiger partial charge >= 0.3 is 0 Å². The first kappa shape index (κ1) is 19.2. The van der Waals surface area contributed by atoms with Gasteiger partial charge in [0.05, 0.1) is 0 Å². The second kappa shape index (κ2) is 6.64. The lowest BCUT2D eigenvalue weighted by atomic mass is 9.82. The average Bonchev–Trinajstić information content (AvgIpc) is 3.48. The molecule has 0 bridgehead atoms. The summed E-state index contributed by atoms with van der Waals surface area (Å²) >= 11 is 0. The number of rotatable bonds is 0. The predicted molar refractivity (Wildman–Crippen MR) is 106 cm³/mol. The van der Waals surface area contributed by atoms with Crippen LogP contribution in [0.25, 0.3) is 0 Å². The summed E-state index contributed by atoms with van der Waals surface area (Å²) in [4.78, 5) is 0. The van der Waals surface area contributed by atoms with Gasteiger partial charge in [-0.05, 0) is 49.4 Å². The van der Waals surface area contributed by atoms with Gasteiger partial charge in [0.15, 0.2) is 11.6 Å². The second-order valence-corrected chi connectivity index (χ2v) is 11.6. The summed E-state index contributed by atoms with van der Waals surface area (Å²) in [5, 5.41) is 22.5. The lowest BCUT2D eigenvalue weighted by molar-refractivity contribution is -0.206. The second-order valence-electron chi connectivity index (χ2n) is 11.6. The van der Waals surface area contributed by atoms with Crippen LogP contribution in [0.4, 0.5) is 0 Å². The largest absolute Gasteiger partial charge is 0.387 e. The standard InChI is InChI=1S/C24H36O6/c25-17-19-20(28-23(27-19)9-13-5-1-2-6-14(13)10-23)18(26)22-21(17)29-24(30-22)11-15-7-3-4-8-16(15)12-24/h13-22,25-26H,1-12H2/t13?,14?,15?,16?,17?,18?,19-,20-,21-,22+,23?,24?/m0/s1. The molecule has 0 aromatic rings. The molecule has 0 aromatic heterocycles. The van der Waals surface area contributed by atoms with E-state index in [0.717, 1.165) is 25.7 Å². The molecular formula is C24H36O6. The van der Waals surface area contributed by atoms with E-state index in [-0.39, 0.29) is 0 Å². The Bertz CT molecular complexity index is 583. The quantitative estimate of drug-likeness (QED) is 0.628. The van der Waals surface area contributed by atoms with Crippen LogP contribution in [0.1, 0.15) is 77.0 Å².